The van der Waals surface area contributed by atoms with Crippen molar-refractivity contribution in [2.45, 2.75) is 5.33 Å². The summed E-state index contributed by atoms with van der Waals surface area (Å²) in [4.78, 5) is 16.8. The summed E-state index contributed by atoms with van der Waals surface area (Å²) in [6, 6.07) is 15.8. The molecule has 0 saturated heterocycles. The zero-order valence-electron chi connectivity index (χ0n) is 11.5. The summed E-state index contributed by atoms with van der Waals surface area (Å²) in [6.45, 7) is 0. The lowest BCUT2D eigenvalue weighted by molar-refractivity contribution is -0.0756. The molecule has 2 rings (SSSR count). The Balaban J connectivity index is 2.21. The van der Waals surface area contributed by atoms with Gasteiger partial charge in [0, 0.05) is 17.9 Å². The first kappa shape index (κ1) is 14.8. The fraction of sp³-hybridized carbons (Fsp3) is 0.188. The number of hydrogen-bond acceptors (Lipinski definition) is 2. The van der Waals surface area contributed by atoms with Gasteiger partial charge in [-0.05, 0) is 28.8 Å². The number of carbonyl (C=O) groups is 1. The fourth-order valence-electron chi connectivity index (χ4n) is 1.86. The predicted molar refractivity (Wildman–Crippen MR) is 83.6 cm³/mol. The highest BCUT2D eigenvalue weighted by molar-refractivity contribution is 9.08. The zero-order chi connectivity index (χ0) is 14.5. The lowest BCUT2D eigenvalue weighted by Crippen LogP contribution is -2.25. The molecule has 0 radical (unpaired) electrons. The van der Waals surface area contributed by atoms with E-state index in [0.29, 0.717) is 5.56 Å². The Hall–Kier alpha value is -1.65. The molecule has 0 aliphatic carbocycles. The van der Waals surface area contributed by atoms with Crippen LogP contribution in [-0.4, -0.2) is 25.1 Å². The number of hydrogen-bond donors (Lipinski definition) is 0. The van der Waals surface area contributed by atoms with Gasteiger partial charge in [0.25, 0.3) is 5.91 Å². The third-order valence-corrected chi connectivity index (χ3v) is 3.78. The first-order valence-corrected chi connectivity index (χ1v) is 7.35. The average molecular weight is 334 g/mol. The molecule has 0 aliphatic heterocycles. The third kappa shape index (κ3) is 3.26. The van der Waals surface area contributed by atoms with Crippen molar-refractivity contribution in [1.82, 2.24) is 5.06 Å². The average Bonchev–Trinajstić information content (AvgIpc) is 2.53. The molecule has 2 aromatic carbocycles. The minimum Gasteiger partial charge on any atom is -0.274 e. The van der Waals surface area contributed by atoms with E-state index < -0.39 is 0 Å². The van der Waals surface area contributed by atoms with Crippen molar-refractivity contribution in [3.8, 4) is 11.1 Å². The Morgan fingerprint density at radius 3 is 2.00 bits per heavy atom. The van der Waals surface area contributed by atoms with E-state index in [1.54, 1.807) is 7.05 Å². The van der Waals surface area contributed by atoms with Gasteiger partial charge in [-0.3, -0.25) is 9.63 Å². The van der Waals surface area contributed by atoms with E-state index >= 15 is 0 Å². The Morgan fingerprint density at radius 1 is 1.05 bits per heavy atom. The Bertz CT molecular complexity index is 578. The summed E-state index contributed by atoms with van der Waals surface area (Å²) in [5.74, 6) is -0.159. The van der Waals surface area contributed by atoms with Crippen LogP contribution in [0.3, 0.4) is 0 Å². The molecule has 0 bridgehead atoms. The van der Waals surface area contributed by atoms with Crippen LogP contribution in [0.5, 0.6) is 0 Å². The van der Waals surface area contributed by atoms with Crippen LogP contribution in [0.1, 0.15) is 15.9 Å². The first-order valence-electron chi connectivity index (χ1n) is 6.23. The van der Waals surface area contributed by atoms with Crippen LogP contribution in [0.15, 0.2) is 48.5 Å². The van der Waals surface area contributed by atoms with Gasteiger partial charge >= 0.3 is 0 Å². The Labute approximate surface area is 127 Å². The van der Waals surface area contributed by atoms with Crippen molar-refractivity contribution in [2.24, 2.45) is 0 Å². The quantitative estimate of drug-likeness (QED) is 0.627. The van der Waals surface area contributed by atoms with E-state index in [1.165, 1.54) is 17.7 Å². The second-order valence-corrected chi connectivity index (χ2v) is 4.95. The molecule has 1 amide bonds. The number of alkyl halides is 1. The predicted octanol–water partition coefficient (Wildman–Crippen LogP) is 3.88. The SMILES string of the molecule is CON(C)C(=O)c1ccc(-c2ccc(CBr)cc2)cc1. The normalized spacial score (nSPS) is 10.3. The molecule has 0 atom stereocenters. The molecular weight excluding hydrogens is 318 g/mol. The van der Waals surface area contributed by atoms with Crippen LogP contribution < -0.4 is 0 Å². The van der Waals surface area contributed by atoms with Crippen molar-refractivity contribution in [3.05, 3.63) is 59.7 Å². The van der Waals surface area contributed by atoms with Crippen LogP contribution in [0.4, 0.5) is 0 Å². The van der Waals surface area contributed by atoms with E-state index in [9.17, 15) is 4.79 Å². The van der Waals surface area contributed by atoms with E-state index in [0.717, 1.165) is 16.5 Å². The highest BCUT2D eigenvalue weighted by Gasteiger charge is 2.10. The molecule has 0 saturated carbocycles. The van der Waals surface area contributed by atoms with Crippen molar-refractivity contribution in [2.75, 3.05) is 14.2 Å². The largest absolute Gasteiger partial charge is 0.277 e. The lowest BCUT2D eigenvalue weighted by Gasteiger charge is -2.13. The Morgan fingerprint density at radius 2 is 1.55 bits per heavy atom. The van der Waals surface area contributed by atoms with Gasteiger partial charge in [0.05, 0.1) is 7.11 Å². The van der Waals surface area contributed by atoms with Crippen molar-refractivity contribution in [3.63, 3.8) is 0 Å². The summed E-state index contributed by atoms with van der Waals surface area (Å²) in [7, 11) is 3.06. The van der Waals surface area contributed by atoms with E-state index in [-0.39, 0.29) is 5.91 Å². The molecule has 4 heteroatoms. The zero-order valence-corrected chi connectivity index (χ0v) is 13.1. The van der Waals surface area contributed by atoms with Gasteiger partial charge in [-0.25, -0.2) is 5.06 Å². The van der Waals surface area contributed by atoms with Gasteiger partial charge in [0.15, 0.2) is 0 Å². The van der Waals surface area contributed by atoms with Crippen LogP contribution in [0, 0.1) is 0 Å². The third-order valence-electron chi connectivity index (χ3n) is 3.13. The summed E-state index contributed by atoms with van der Waals surface area (Å²) in [5, 5.41) is 2.06. The van der Waals surface area contributed by atoms with Crippen LogP contribution in [-0.2, 0) is 10.2 Å². The summed E-state index contributed by atoms with van der Waals surface area (Å²) in [5.41, 5.74) is 4.06. The molecule has 0 aromatic heterocycles. The maximum absolute atomic E-state index is 11.9. The smallest absolute Gasteiger partial charge is 0.274 e. The maximum Gasteiger partial charge on any atom is 0.277 e. The van der Waals surface area contributed by atoms with Gasteiger partial charge in [-0.2, -0.15) is 0 Å². The molecule has 0 spiro atoms. The van der Waals surface area contributed by atoms with E-state index in [1.807, 2.05) is 24.3 Å². The molecule has 0 aliphatic rings. The summed E-state index contributed by atoms with van der Waals surface area (Å²) < 4.78 is 0. The minimum absolute atomic E-state index is 0.159. The number of benzene rings is 2. The van der Waals surface area contributed by atoms with Crippen LogP contribution in [0.2, 0.25) is 0 Å². The monoisotopic (exact) mass is 333 g/mol. The highest BCUT2D eigenvalue weighted by Crippen LogP contribution is 2.21. The molecule has 0 unspecified atom stereocenters. The number of carbonyl (C=O) groups excluding carboxylic acids is 1. The maximum atomic E-state index is 11.9. The number of nitrogens with zero attached hydrogens (tertiary/aromatic N) is 1. The summed E-state index contributed by atoms with van der Waals surface area (Å²) in [6.07, 6.45) is 0. The number of hydroxylamine groups is 2. The van der Waals surface area contributed by atoms with Crippen molar-refractivity contribution in [1.29, 1.82) is 0 Å². The molecule has 104 valence electrons. The fourth-order valence-corrected chi connectivity index (χ4v) is 2.23. The van der Waals surface area contributed by atoms with Crippen molar-refractivity contribution < 1.29 is 9.63 Å². The number of halogens is 1. The standard InChI is InChI=1S/C16H16BrNO2/c1-18(20-2)16(19)15-9-7-14(8-10-15)13-5-3-12(11-17)4-6-13/h3-10H,11H2,1-2H3. The molecule has 0 heterocycles. The topological polar surface area (TPSA) is 29.5 Å². The van der Waals surface area contributed by atoms with Gasteiger partial charge in [-0.1, -0.05) is 52.3 Å². The minimum atomic E-state index is -0.159. The van der Waals surface area contributed by atoms with E-state index in [2.05, 4.69) is 40.2 Å². The molecule has 3 nitrogen and oxygen atoms in total. The first-order chi connectivity index (χ1) is 9.65. The molecule has 20 heavy (non-hydrogen) atoms. The van der Waals surface area contributed by atoms with Crippen molar-refractivity contribution >= 4 is 21.8 Å². The van der Waals surface area contributed by atoms with Gasteiger partial charge < -0.3 is 0 Å². The van der Waals surface area contributed by atoms with E-state index in [4.69, 9.17) is 4.84 Å². The second-order valence-electron chi connectivity index (χ2n) is 4.39. The number of rotatable bonds is 4. The Kier molecular flexibility index (Phi) is 4.93. The van der Waals surface area contributed by atoms with Crippen LogP contribution >= 0.6 is 15.9 Å². The number of amides is 1. The molecular formula is C16H16BrNO2. The van der Waals surface area contributed by atoms with Gasteiger partial charge in [0.2, 0.25) is 0 Å². The molecule has 2 aromatic rings. The molecule has 0 N–H and O–H groups in total. The van der Waals surface area contributed by atoms with Gasteiger partial charge in [-0.15, -0.1) is 0 Å². The molecule has 0 fully saturated rings. The second kappa shape index (κ2) is 6.68. The lowest BCUT2D eigenvalue weighted by atomic mass is 10.0. The highest BCUT2D eigenvalue weighted by atomic mass is 79.9. The van der Waals surface area contributed by atoms with Gasteiger partial charge in [0.1, 0.15) is 0 Å². The van der Waals surface area contributed by atoms with Crippen LogP contribution in [0.25, 0.3) is 11.1 Å². The summed E-state index contributed by atoms with van der Waals surface area (Å²) >= 11 is 3.43.